The van der Waals surface area contributed by atoms with Gasteiger partial charge in [0.05, 0.1) is 0 Å². The minimum Gasteiger partial charge on any atom is -0.372 e. The van der Waals surface area contributed by atoms with Gasteiger partial charge in [-0.05, 0) is 5.92 Å². The van der Waals surface area contributed by atoms with Gasteiger partial charge in [-0.3, -0.25) is 0 Å². The maximum Gasteiger partial charge on any atom is 0.379 e. The standard InChI is InChI=1S/C6H12F2O2/c1-4(2)5(10-3)6(7,8)9/h4-5,9H,1-3H3. The molecular formula is C6H12F2O2. The molecule has 0 amide bonds. The molecule has 1 unspecified atom stereocenters. The molecule has 0 aromatic rings. The maximum absolute atomic E-state index is 12.1. The Balaban J connectivity index is 4.07. The molecule has 0 fully saturated rings. The second kappa shape index (κ2) is 3.25. The van der Waals surface area contributed by atoms with Gasteiger partial charge in [-0.1, -0.05) is 13.8 Å². The predicted octanol–water partition coefficient (Wildman–Crippen LogP) is 1.24. The fraction of sp³-hybridized carbons (Fsp3) is 1.00. The molecule has 0 aromatic carbocycles. The zero-order valence-corrected chi connectivity index (χ0v) is 6.27. The Morgan fingerprint density at radius 3 is 1.80 bits per heavy atom. The molecule has 0 saturated carbocycles. The Kier molecular flexibility index (Phi) is 3.18. The SMILES string of the molecule is COC(C(C)C)C(O)(F)F. The number of ether oxygens (including phenoxy) is 1. The van der Waals surface area contributed by atoms with Crippen LogP contribution in [-0.2, 0) is 4.74 Å². The zero-order chi connectivity index (χ0) is 8.36. The molecule has 0 spiro atoms. The molecule has 0 bridgehead atoms. The molecule has 0 rings (SSSR count). The minimum absolute atomic E-state index is 0.398. The minimum atomic E-state index is -3.73. The third kappa shape index (κ3) is 2.58. The van der Waals surface area contributed by atoms with Crippen molar-refractivity contribution < 1.29 is 18.6 Å². The van der Waals surface area contributed by atoms with Crippen LogP contribution in [-0.4, -0.2) is 24.4 Å². The Morgan fingerprint density at radius 1 is 1.40 bits per heavy atom. The van der Waals surface area contributed by atoms with Gasteiger partial charge in [0.2, 0.25) is 0 Å². The topological polar surface area (TPSA) is 29.5 Å². The number of hydrogen-bond acceptors (Lipinski definition) is 2. The molecule has 62 valence electrons. The molecule has 1 N–H and O–H groups in total. The van der Waals surface area contributed by atoms with Crippen LogP contribution in [0.15, 0.2) is 0 Å². The Morgan fingerprint density at radius 2 is 1.80 bits per heavy atom. The van der Waals surface area contributed by atoms with Gasteiger partial charge in [0.15, 0.2) is 0 Å². The molecule has 0 aliphatic carbocycles. The normalized spacial score (nSPS) is 15.9. The van der Waals surface area contributed by atoms with Crippen LogP contribution in [0, 0.1) is 5.92 Å². The van der Waals surface area contributed by atoms with Crippen LogP contribution in [0.2, 0.25) is 0 Å². The fourth-order valence-corrected chi connectivity index (χ4v) is 0.815. The van der Waals surface area contributed by atoms with Gasteiger partial charge in [0, 0.05) is 7.11 Å². The quantitative estimate of drug-likeness (QED) is 0.662. The molecule has 0 heterocycles. The van der Waals surface area contributed by atoms with Gasteiger partial charge in [0.25, 0.3) is 0 Å². The largest absolute Gasteiger partial charge is 0.379 e. The predicted molar refractivity (Wildman–Crippen MR) is 32.8 cm³/mol. The monoisotopic (exact) mass is 154 g/mol. The van der Waals surface area contributed by atoms with Crippen molar-refractivity contribution in [2.24, 2.45) is 5.92 Å². The lowest BCUT2D eigenvalue weighted by Gasteiger charge is -2.23. The van der Waals surface area contributed by atoms with E-state index in [1.165, 1.54) is 0 Å². The summed E-state index contributed by atoms with van der Waals surface area (Å²) < 4.78 is 28.5. The third-order valence-corrected chi connectivity index (χ3v) is 1.20. The van der Waals surface area contributed by atoms with E-state index in [0.717, 1.165) is 7.11 Å². The second-order valence-corrected chi connectivity index (χ2v) is 2.49. The number of aliphatic hydroxyl groups is 1. The zero-order valence-electron chi connectivity index (χ0n) is 6.27. The van der Waals surface area contributed by atoms with Crippen molar-refractivity contribution in [3.05, 3.63) is 0 Å². The van der Waals surface area contributed by atoms with E-state index in [4.69, 9.17) is 5.11 Å². The first-order valence-corrected chi connectivity index (χ1v) is 3.02. The highest BCUT2D eigenvalue weighted by Crippen LogP contribution is 2.22. The van der Waals surface area contributed by atoms with E-state index in [9.17, 15) is 8.78 Å². The molecule has 1 atom stereocenters. The average Bonchev–Trinajstić information content (AvgIpc) is 1.60. The summed E-state index contributed by atoms with van der Waals surface area (Å²) in [5.74, 6) is -0.398. The molecule has 4 heteroatoms. The third-order valence-electron chi connectivity index (χ3n) is 1.20. The molecule has 2 nitrogen and oxygen atoms in total. The summed E-state index contributed by atoms with van der Waals surface area (Å²) >= 11 is 0. The van der Waals surface area contributed by atoms with E-state index < -0.39 is 18.1 Å². The van der Waals surface area contributed by atoms with Crippen LogP contribution >= 0.6 is 0 Å². The average molecular weight is 154 g/mol. The first-order valence-electron chi connectivity index (χ1n) is 3.02. The first-order chi connectivity index (χ1) is 4.39. The molecule has 0 aliphatic rings. The Hall–Kier alpha value is -0.220. The van der Waals surface area contributed by atoms with Crippen LogP contribution in [0.3, 0.4) is 0 Å². The summed E-state index contributed by atoms with van der Waals surface area (Å²) in [6, 6.07) is 0. The second-order valence-electron chi connectivity index (χ2n) is 2.49. The summed E-state index contributed by atoms with van der Waals surface area (Å²) in [6.07, 6.45) is -5.14. The number of halogens is 2. The molecule has 0 aliphatic heterocycles. The Labute approximate surface area is 58.8 Å². The van der Waals surface area contributed by atoms with Crippen molar-refractivity contribution >= 4 is 0 Å². The van der Waals surface area contributed by atoms with Crippen molar-refractivity contribution in [1.82, 2.24) is 0 Å². The highest BCUT2D eigenvalue weighted by Gasteiger charge is 2.39. The van der Waals surface area contributed by atoms with Crippen LogP contribution in [0.5, 0.6) is 0 Å². The first kappa shape index (κ1) is 9.78. The van der Waals surface area contributed by atoms with E-state index in [1.54, 1.807) is 13.8 Å². The summed E-state index contributed by atoms with van der Waals surface area (Å²) in [5, 5.41) is 8.19. The van der Waals surface area contributed by atoms with Gasteiger partial charge in [0.1, 0.15) is 6.10 Å². The summed E-state index contributed by atoms with van der Waals surface area (Å²) in [5.41, 5.74) is 0. The van der Waals surface area contributed by atoms with Crippen LogP contribution in [0.25, 0.3) is 0 Å². The summed E-state index contributed by atoms with van der Waals surface area (Å²) in [7, 11) is 1.15. The van der Waals surface area contributed by atoms with Crippen molar-refractivity contribution in [3.8, 4) is 0 Å². The maximum atomic E-state index is 12.1. The summed E-state index contributed by atoms with van der Waals surface area (Å²) in [6.45, 7) is 3.11. The molecule has 10 heavy (non-hydrogen) atoms. The fourth-order valence-electron chi connectivity index (χ4n) is 0.815. The molecular weight excluding hydrogens is 142 g/mol. The highest BCUT2D eigenvalue weighted by molar-refractivity contribution is 4.69. The van der Waals surface area contributed by atoms with Crippen molar-refractivity contribution in [2.75, 3.05) is 7.11 Å². The van der Waals surface area contributed by atoms with E-state index in [1.807, 2.05) is 0 Å². The van der Waals surface area contributed by atoms with Crippen molar-refractivity contribution in [2.45, 2.75) is 26.1 Å². The lowest BCUT2D eigenvalue weighted by molar-refractivity contribution is -0.274. The highest BCUT2D eigenvalue weighted by atomic mass is 19.3. The lowest BCUT2D eigenvalue weighted by Crippen LogP contribution is -2.38. The van der Waals surface area contributed by atoms with Crippen molar-refractivity contribution in [3.63, 3.8) is 0 Å². The van der Waals surface area contributed by atoms with Crippen LogP contribution in [0.4, 0.5) is 8.78 Å². The van der Waals surface area contributed by atoms with Crippen molar-refractivity contribution in [1.29, 1.82) is 0 Å². The molecule has 0 aromatic heterocycles. The molecule has 0 radical (unpaired) electrons. The van der Waals surface area contributed by atoms with E-state index in [-0.39, 0.29) is 0 Å². The van der Waals surface area contributed by atoms with Gasteiger partial charge in [-0.2, -0.15) is 8.78 Å². The molecule has 0 saturated heterocycles. The number of methoxy groups -OCH3 is 1. The number of hydrogen-bond donors (Lipinski definition) is 1. The number of rotatable bonds is 3. The smallest absolute Gasteiger partial charge is 0.372 e. The van der Waals surface area contributed by atoms with E-state index in [0.29, 0.717) is 0 Å². The Bertz CT molecular complexity index is 98.4. The van der Waals surface area contributed by atoms with Gasteiger partial charge in [-0.15, -0.1) is 0 Å². The van der Waals surface area contributed by atoms with Crippen LogP contribution in [0.1, 0.15) is 13.8 Å². The van der Waals surface area contributed by atoms with Gasteiger partial charge in [-0.25, -0.2) is 0 Å². The number of alkyl halides is 2. The summed E-state index contributed by atoms with van der Waals surface area (Å²) in [4.78, 5) is 0. The van der Waals surface area contributed by atoms with Crippen LogP contribution < -0.4 is 0 Å². The van der Waals surface area contributed by atoms with Gasteiger partial charge < -0.3 is 9.84 Å². The van der Waals surface area contributed by atoms with E-state index in [2.05, 4.69) is 4.74 Å². The van der Waals surface area contributed by atoms with Gasteiger partial charge >= 0.3 is 6.11 Å². The van der Waals surface area contributed by atoms with E-state index >= 15 is 0 Å². The lowest BCUT2D eigenvalue weighted by atomic mass is 10.1.